The third-order valence-corrected chi connectivity index (χ3v) is 3.90. The van der Waals surface area contributed by atoms with Crippen molar-refractivity contribution in [1.82, 2.24) is 0 Å². The number of rotatable bonds is 6. The van der Waals surface area contributed by atoms with Crippen molar-refractivity contribution in [2.75, 3.05) is 24.9 Å². The second kappa shape index (κ2) is 9.21. The lowest BCUT2D eigenvalue weighted by atomic mass is 10.1. The summed E-state index contributed by atoms with van der Waals surface area (Å²) in [6.07, 6.45) is -3.79. The molecule has 0 bridgehead atoms. The van der Waals surface area contributed by atoms with Crippen LogP contribution in [0.1, 0.15) is 5.56 Å². The summed E-state index contributed by atoms with van der Waals surface area (Å²) in [6.45, 7) is 0. The van der Waals surface area contributed by atoms with Crippen molar-refractivity contribution in [2.24, 2.45) is 0 Å². The Hall–Kier alpha value is -3.38. The zero-order valence-corrected chi connectivity index (χ0v) is 16.0. The first kappa shape index (κ1) is 21.9. The van der Waals surface area contributed by atoms with Gasteiger partial charge >= 0.3 is 6.18 Å². The van der Waals surface area contributed by atoms with Crippen molar-refractivity contribution < 1.29 is 27.4 Å². The monoisotopic (exact) mass is 425 g/mol. The fourth-order valence-electron chi connectivity index (χ4n) is 2.29. The number of halogens is 4. The number of carbonyl (C=O) groups is 1. The predicted octanol–water partition coefficient (Wildman–Crippen LogP) is 4.83. The topological polar surface area (TPSA) is 83.4 Å². The Bertz CT molecular complexity index is 985. The lowest BCUT2D eigenvalue weighted by molar-refractivity contribution is -0.136. The zero-order valence-electron chi connectivity index (χ0n) is 15.2. The Labute approximate surface area is 169 Å². The molecule has 0 heterocycles. The van der Waals surface area contributed by atoms with E-state index in [-0.39, 0.29) is 10.7 Å². The first-order valence-electron chi connectivity index (χ1n) is 7.96. The van der Waals surface area contributed by atoms with E-state index in [4.69, 9.17) is 21.1 Å². The molecule has 29 heavy (non-hydrogen) atoms. The van der Waals surface area contributed by atoms with Crippen LogP contribution in [0.3, 0.4) is 0 Å². The van der Waals surface area contributed by atoms with E-state index < -0.39 is 23.2 Å². The van der Waals surface area contributed by atoms with Crippen LogP contribution in [0.5, 0.6) is 11.5 Å². The van der Waals surface area contributed by atoms with E-state index in [1.807, 2.05) is 0 Å². The summed E-state index contributed by atoms with van der Waals surface area (Å²) in [7, 11) is 2.86. The molecule has 1 amide bonds. The fourth-order valence-corrected chi connectivity index (χ4v) is 2.46. The van der Waals surface area contributed by atoms with Crippen molar-refractivity contribution in [3.8, 4) is 17.6 Å². The van der Waals surface area contributed by atoms with Gasteiger partial charge in [-0.3, -0.25) is 4.79 Å². The summed E-state index contributed by atoms with van der Waals surface area (Å²) in [4.78, 5) is 12.3. The third kappa shape index (κ3) is 5.56. The van der Waals surface area contributed by atoms with E-state index in [9.17, 15) is 23.2 Å². The molecular formula is C19H15ClF3N3O3. The van der Waals surface area contributed by atoms with E-state index >= 15 is 0 Å². The Morgan fingerprint density at radius 1 is 1.14 bits per heavy atom. The predicted molar refractivity (Wildman–Crippen MR) is 102 cm³/mol. The number of methoxy groups -OCH3 is 2. The second-order valence-electron chi connectivity index (χ2n) is 5.53. The minimum absolute atomic E-state index is 0.0986. The Balaban J connectivity index is 2.23. The van der Waals surface area contributed by atoms with Crippen LogP contribution in [0.2, 0.25) is 5.02 Å². The Morgan fingerprint density at radius 3 is 2.41 bits per heavy atom. The van der Waals surface area contributed by atoms with E-state index in [1.54, 1.807) is 12.1 Å². The molecule has 2 aromatic rings. The van der Waals surface area contributed by atoms with Gasteiger partial charge in [0.15, 0.2) is 11.5 Å². The highest BCUT2D eigenvalue weighted by Gasteiger charge is 2.33. The highest BCUT2D eigenvalue weighted by Crippen LogP contribution is 2.36. The number of benzene rings is 2. The maximum absolute atomic E-state index is 13.1. The van der Waals surface area contributed by atoms with Crippen LogP contribution in [0.15, 0.2) is 48.2 Å². The van der Waals surface area contributed by atoms with Crippen molar-refractivity contribution in [1.29, 1.82) is 5.26 Å². The number of nitrogens with zero attached hydrogens (tertiary/aromatic N) is 1. The van der Waals surface area contributed by atoms with Crippen LogP contribution < -0.4 is 20.1 Å². The molecule has 0 saturated heterocycles. The lowest BCUT2D eigenvalue weighted by Crippen LogP contribution is -2.15. The standard InChI is InChI=1S/C19H15ClF3N3O3/c1-28-16-6-4-13(8-17(16)29-2)26-18(27)11(9-24)10-25-15-5-3-12(20)7-14(15)19(21,22)23/h3-8,10,25H,1-2H3,(H,26,27)/b11-10-. The Kier molecular flexibility index (Phi) is 6.96. The van der Waals surface area contributed by atoms with Crippen LogP contribution in [-0.2, 0) is 11.0 Å². The number of alkyl halides is 3. The SMILES string of the molecule is COc1ccc(NC(=O)/C(C#N)=C\Nc2ccc(Cl)cc2C(F)(F)F)cc1OC. The summed E-state index contributed by atoms with van der Waals surface area (Å²) in [5.74, 6) is -0.0396. The highest BCUT2D eigenvalue weighted by atomic mass is 35.5. The molecule has 0 saturated carbocycles. The van der Waals surface area contributed by atoms with Crippen LogP contribution >= 0.6 is 11.6 Å². The van der Waals surface area contributed by atoms with Gasteiger partial charge in [0.05, 0.1) is 25.5 Å². The second-order valence-corrected chi connectivity index (χ2v) is 5.96. The van der Waals surface area contributed by atoms with Gasteiger partial charge in [0.25, 0.3) is 5.91 Å². The van der Waals surface area contributed by atoms with E-state index in [0.717, 1.165) is 18.3 Å². The van der Waals surface area contributed by atoms with Crippen LogP contribution in [0, 0.1) is 11.3 Å². The lowest BCUT2D eigenvalue weighted by Gasteiger charge is -2.13. The molecule has 0 atom stereocenters. The molecule has 0 fully saturated rings. The maximum atomic E-state index is 13.1. The number of carbonyl (C=O) groups excluding carboxylic acids is 1. The van der Waals surface area contributed by atoms with Gasteiger partial charge in [0.2, 0.25) is 0 Å². The number of nitrogens with one attached hydrogen (secondary N) is 2. The first-order valence-corrected chi connectivity index (χ1v) is 8.34. The summed E-state index contributed by atoms with van der Waals surface area (Å²) in [5.41, 5.74) is -1.52. The highest BCUT2D eigenvalue weighted by molar-refractivity contribution is 6.30. The molecular weight excluding hydrogens is 411 g/mol. The molecule has 152 valence electrons. The van der Waals surface area contributed by atoms with Crippen LogP contribution in [0.25, 0.3) is 0 Å². The number of ether oxygens (including phenoxy) is 2. The van der Waals surface area contributed by atoms with Gasteiger partial charge in [-0.2, -0.15) is 18.4 Å². The van der Waals surface area contributed by atoms with Crippen molar-refractivity contribution in [3.05, 3.63) is 58.8 Å². The average Bonchev–Trinajstić information content (AvgIpc) is 2.68. The maximum Gasteiger partial charge on any atom is 0.418 e. The summed E-state index contributed by atoms with van der Waals surface area (Å²) in [6, 6.07) is 9.27. The van der Waals surface area contributed by atoms with Gasteiger partial charge < -0.3 is 20.1 Å². The van der Waals surface area contributed by atoms with Gasteiger partial charge in [-0.1, -0.05) is 11.6 Å². The first-order chi connectivity index (χ1) is 13.7. The van der Waals surface area contributed by atoms with Crippen molar-refractivity contribution >= 4 is 28.9 Å². The van der Waals surface area contributed by atoms with Crippen LogP contribution in [0.4, 0.5) is 24.5 Å². The quantitative estimate of drug-likeness (QED) is 0.511. The van der Waals surface area contributed by atoms with Crippen molar-refractivity contribution in [3.63, 3.8) is 0 Å². The van der Waals surface area contributed by atoms with Gasteiger partial charge in [-0.05, 0) is 30.3 Å². The van der Waals surface area contributed by atoms with E-state index in [0.29, 0.717) is 17.2 Å². The van der Waals surface area contributed by atoms with E-state index in [1.165, 1.54) is 32.4 Å². The summed E-state index contributed by atoms with van der Waals surface area (Å²) in [5, 5.41) is 13.9. The molecule has 0 aliphatic heterocycles. The van der Waals surface area contributed by atoms with Crippen molar-refractivity contribution in [2.45, 2.75) is 6.18 Å². The fraction of sp³-hybridized carbons (Fsp3) is 0.158. The molecule has 2 rings (SSSR count). The number of anilines is 2. The molecule has 0 radical (unpaired) electrons. The molecule has 2 N–H and O–H groups in total. The zero-order chi connectivity index (χ0) is 21.6. The normalized spacial score (nSPS) is 11.4. The van der Waals surface area contributed by atoms with Crippen LogP contribution in [-0.4, -0.2) is 20.1 Å². The van der Waals surface area contributed by atoms with Gasteiger partial charge in [0.1, 0.15) is 11.6 Å². The van der Waals surface area contributed by atoms with Gasteiger partial charge in [-0.15, -0.1) is 0 Å². The molecule has 0 aromatic heterocycles. The van der Waals surface area contributed by atoms with Gasteiger partial charge in [-0.25, -0.2) is 0 Å². The third-order valence-electron chi connectivity index (χ3n) is 3.67. The molecule has 0 aliphatic rings. The minimum Gasteiger partial charge on any atom is -0.493 e. The average molecular weight is 426 g/mol. The van der Waals surface area contributed by atoms with Gasteiger partial charge in [0, 0.05) is 23.0 Å². The molecule has 0 spiro atoms. The number of hydrogen-bond donors (Lipinski definition) is 2. The Morgan fingerprint density at radius 2 is 1.83 bits per heavy atom. The summed E-state index contributed by atoms with van der Waals surface area (Å²) >= 11 is 5.62. The molecule has 0 unspecified atom stereocenters. The minimum atomic E-state index is -4.67. The number of amides is 1. The van der Waals surface area contributed by atoms with E-state index in [2.05, 4.69) is 10.6 Å². The summed E-state index contributed by atoms with van der Waals surface area (Å²) < 4.78 is 49.6. The molecule has 10 heteroatoms. The largest absolute Gasteiger partial charge is 0.493 e. The molecule has 6 nitrogen and oxygen atoms in total. The smallest absolute Gasteiger partial charge is 0.418 e. The molecule has 0 aliphatic carbocycles. The molecule has 2 aromatic carbocycles. The number of hydrogen-bond acceptors (Lipinski definition) is 5. The number of nitriles is 1.